The van der Waals surface area contributed by atoms with Gasteiger partial charge in [0.15, 0.2) is 0 Å². The minimum Gasteiger partial charge on any atom is -0.311 e. The second-order valence-electron chi connectivity index (χ2n) is 7.18. The molecule has 1 fully saturated rings. The largest absolute Gasteiger partial charge is 0.311 e. The Labute approximate surface area is 128 Å². The fourth-order valence-electron chi connectivity index (χ4n) is 3.40. The summed E-state index contributed by atoms with van der Waals surface area (Å²) in [5, 5.41) is 8.74. The second-order valence-corrected chi connectivity index (χ2v) is 7.59. The molecule has 1 aliphatic carbocycles. The lowest BCUT2D eigenvalue weighted by Gasteiger charge is -2.38. The minimum absolute atomic E-state index is 0.309. The SMILES string of the molecule is CNC(c1c(Cl)cnn1C(C)C)C1CCC(C)(C)CC1. The lowest BCUT2D eigenvalue weighted by molar-refractivity contribution is 0.160. The first-order valence-electron chi connectivity index (χ1n) is 7.76. The van der Waals surface area contributed by atoms with E-state index in [4.69, 9.17) is 11.6 Å². The zero-order valence-electron chi connectivity index (χ0n) is 13.4. The molecule has 1 heterocycles. The summed E-state index contributed by atoms with van der Waals surface area (Å²) in [7, 11) is 2.04. The van der Waals surface area contributed by atoms with Crippen LogP contribution in [0.4, 0.5) is 0 Å². The maximum Gasteiger partial charge on any atom is 0.0834 e. The predicted octanol–water partition coefficient (Wildman–Crippen LogP) is 4.59. The highest BCUT2D eigenvalue weighted by Crippen LogP contribution is 2.43. The Hall–Kier alpha value is -0.540. The van der Waals surface area contributed by atoms with E-state index >= 15 is 0 Å². The van der Waals surface area contributed by atoms with Crippen LogP contribution in [0.25, 0.3) is 0 Å². The van der Waals surface area contributed by atoms with Crippen LogP contribution in [0.15, 0.2) is 6.20 Å². The van der Waals surface area contributed by atoms with Crippen molar-refractivity contribution >= 4 is 11.6 Å². The summed E-state index contributed by atoms with van der Waals surface area (Å²) in [6, 6.07) is 0.650. The van der Waals surface area contributed by atoms with Crippen LogP contribution >= 0.6 is 11.6 Å². The van der Waals surface area contributed by atoms with Crippen LogP contribution in [0.1, 0.15) is 71.2 Å². The molecule has 3 nitrogen and oxygen atoms in total. The van der Waals surface area contributed by atoms with Crippen molar-refractivity contribution in [2.24, 2.45) is 11.3 Å². The molecule has 1 aliphatic rings. The van der Waals surface area contributed by atoms with E-state index < -0.39 is 0 Å². The van der Waals surface area contributed by atoms with E-state index in [-0.39, 0.29) is 0 Å². The Morgan fingerprint density at radius 3 is 2.45 bits per heavy atom. The van der Waals surface area contributed by atoms with Gasteiger partial charge in [-0.25, -0.2) is 0 Å². The van der Waals surface area contributed by atoms with Gasteiger partial charge in [-0.05, 0) is 57.9 Å². The molecule has 0 radical (unpaired) electrons. The maximum absolute atomic E-state index is 6.41. The molecule has 0 amide bonds. The van der Waals surface area contributed by atoms with E-state index in [1.54, 1.807) is 6.20 Å². The summed E-state index contributed by atoms with van der Waals surface area (Å²) in [6.45, 7) is 9.07. The summed E-state index contributed by atoms with van der Waals surface area (Å²) >= 11 is 6.41. The van der Waals surface area contributed by atoms with Crippen LogP contribution in [0, 0.1) is 11.3 Å². The van der Waals surface area contributed by atoms with Crippen LogP contribution in [0.5, 0.6) is 0 Å². The Bertz CT molecular complexity index is 441. The van der Waals surface area contributed by atoms with Crippen LogP contribution in [-0.2, 0) is 0 Å². The highest BCUT2D eigenvalue weighted by atomic mass is 35.5. The van der Waals surface area contributed by atoms with Crippen LogP contribution in [0.2, 0.25) is 5.02 Å². The number of hydrogen-bond donors (Lipinski definition) is 1. The fraction of sp³-hybridized carbons (Fsp3) is 0.812. The smallest absolute Gasteiger partial charge is 0.0834 e. The summed E-state index contributed by atoms with van der Waals surface area (Å²) in [5.74, 6) is 0.653. The van der Waals surface area contributed by atoms with Crippen molar-refractivity contribution in [2.45, 2.75) is 65.5 Å². The first kappa shape index (κ1) is 15.8. The van der Waals surface area contributed by atoms with Crippen LogP contribution in [0.3, 0.4) is 0 Å². The zero-order valence-corrected chi connectivity index (χ0v) is 14.2. The van der Waals surface area contributed by atoms with Crippen molar-refractivity contribution in [1.29, 1.82) is 0 Å². The van der Waals surface area contributed by atoms with E-state index in [2.05, 4.69) is 42.8 Å². The maximum atomic E-state index is 6.41. The van der Waals surface area contributed by atoms with Gasteiger partial charge in [-0.15, -0.1) is 0 Å². The average molecular weight is 298 g/mol. The predicted molar refractivity (Wildman–Crippen MR) is 85.2 cm³/mol. The summed E-state index contributed by atoms with van der Waals surface area (Å²) < 4.78 is 2.07. The molecule has 1 unspecified atom stereocenters. The molecular formula is C16H28ClN3. The van der Waals surface area contributed by atoms with Gasteiger partial charge < -0.3 is 5.32 Å². The fourth-order valence-corrected chi connectivity index (χ4v) is 3.65. The molecule has 0 bridgehead atoms. The first-order chi connectivity index (χ1) is 9.35. The topological polar surface area (TPSA) is 29.9 Å². The lowest BCUT2D eigenvalue weighted by atomic mass is 9.70. The van der Waals surface area contributed by atoms with Gasteiger partial charge >= 0.3 is 0 Å². The van der Waals surface area contributed by atoms with Crippen molar-refractivity contribution < 1.29 is 0 Å². The summed E-state index contributed by atoms with van der Waals surface area (Å²) in [6.07, 6.45) is 6.90. The van der Waals surface area contributed by atoms with Gasteiger partial charge in [0.05, 0.1) is 23.0 Å². The number of rotatable bonds is 4. The molecule has 1 atom stereocenters. The minimum atomic E-state index is 0.309. The third kappa shape index (κ3) is 3.20. The standard InChI is InChI=1S/C16H28ClN3/c1-11(2)20-15(13(17)10-19-20)14(18-5)12-6-8-16(3,4)9-7-12/h10-12,14,18H,6-9H2,1-5H3. The molecule has 0 spiro atoms. The zero-order chi connectivity index (χ0) is 14.9. The van der Waals surface area contributed by atoms with Crippen molar-refractivity contribution in [3.63, 3.8) is 0 Å². The number of aromatic nitrogens is 2. The molecule has 1 aromatic heterocycles. The molecule has 1 aromatic rings. The molecule has 114 valence electrons. The van der Waals surface area contributed by atoms with Gasteiger partial charge in [0.25, 0.3) is 0 Å². The molecule has 1 N–H and O–H groups in total. The van der Waals surface area contributed by atoms with Crippen molar-refractivity contribution in [1.82, 2.24) is 15.1 Å². The molecule has 0 saturated heterocycles. The monoisotopic (exact) mass is 297 g/mol. The number of hydrogen-bond acceptors (Lipinski definition) is 2. The van der Waals surface area contributed by atoms with Crippen molar-refractivity contribution in [3.8, 4) is 0 Å². The Balaban J connectivity index is 2.23. The third-order valence-corrected chi connectivity index (χ3v) is 5.03. The molecule has 0 aromatic carbocycles. The Kier molecular flexibility index (Phi) is 4.80. The molecule has 1 saturated carbocycles. The number of nitrogens with zero attached hydrogens (tertiary/aromatic N) is 2. The van der Waals surface area contributed by atoms with Gasteiger partial charge in [-0.2, -0.15) is 5.10 Å². The van der Waals surface area contributed by atoms with E-state index in [0.29, 0.717) is 23.4 Å². The number of halogens is 1. The number of nitrogens with one attached hydrogen (secondary N) is 1. The lowest BCUT2D eigenvalue weighted by Crippen LogP contribution is -2.33. The van der Waals surface area contributed by atoms with E-state index in [1.165, 1.54) is 25.7 Å². The van der Waals surface area contributed by atoms with Crippen LogP contribution in [-0.4, -0.2) is 16.8 Å². The first-order valence-corrected chi connectivity index (χ1v) is 8.13. The van der Waals surface area contributed by atoms with Gasteiger partial charge in [0, 0.05) is 6.04 Å². The molecular weight excluding hydrogens is 270 g/mol. The highest BCUT2D eigenvalue weighted by molar-refractivity contribution is 6.31. The van der Waals surface area contributed by atoms with Crippen molar-refractivity contribution in [3.05, 3.63) is 16.9 Å². The second kappa shape index (κ2) is 6.07. The molecule has 2 rings (SSSR count). The van der Waals surface area contributed by atoms with Gasteiger partial charge in [0.2, 0.25) is 0 Å². The molecule has 0 aliphatic heterocycles. The Morgan fingerprint density at radius 2 is 1.95 bits per heavy atom. The summed E-state index contributed by atoms with van der Waals surface area (Å²) in [5.41, 5.74) is 1.66. The van der Waals surface area contributed by atoms with Gasteiger partial charge in [-0.3, -0.25) is 4.68 Å². The molecule has 20 heavy (non-hydrogen) atoms. The van der Waals surface area contributed by atoms with Gasteiger partial charge in [-0.1, -0.05) is 25.4 Å². The quantitative estimate of drug-likeness (QED) is 0.880. The average Bonchev–Trinajstić information content (AvgIpc) is 2.75. The van der Waals surface area contributed by atoms with Crippen molar-refractivity contribution in [2.75, 3.05) is 7.05 Å². The third-order valence-electron chi connectivity index (χ3n) is 4.74. The van der Waals surface area contributed by atoms with E-state index in [1.807, 2.05) is 7.05 Å². The van der Waals surface area contributed by atoms with Crippen LogP contribution < -0.4 is 5.32 Å². The van der Waals surface area contributed by atoms with E-state index in [9.17, 15) is 0 Å². The van der Waals surface area contributed by atoms with Gasteiger partial charge in [0.1, 0.15) is 0 Å². The highest BCUT2D eigenvalue weighted by Gasteiger charge is 2.34. The normalized spacial score (nSPS) is 21.4. The van der Waals surface area contributed by atoms with E-state index in [0.717, 1.165) is 10.7 Å². The molecule has 4 heteroatoms. The Morgan fingerprint density at radius 1 is 1.35 bits per heavy atom. The summed E-state index contributed by atoms with van der Waals surface area (Å²) in [4.78, 5) is 0.